The maximum absolute atomic E-state index is 11.6. The molecule has 2 aromatic rings. The number of carbonyl (C=O) groups is 1. The molecule has 0 aliphatic rings. The molecule has 0 saturated carbocycles. The highest BCUT2D eigenvalue weighted by molar-refractivity contribution is 5.88. The van der Waals surface area contributed by atoms with Crippen LogP contribution in [0.25, 0.3) is 5.57 Å². The van der Waals surface area contributed by atoms with Gasteiger partial charge in [0.1, 0.15) is 6.29 Å². The number of carbonyl (C=O) groups excluding carboxylic acids is 1. The lowest BCUT2D eigenvalue weighted by molar-refractivity contribution is -0.105. The lowest BCUT2D eigenvalue weighted by Crippen LogP contribution is -1.99. The van der Waals surface area contributed by atoms with Gasteiger partial charge in [0, 0.05) is 0 Å². The second-order valence-electron chi connectivity index (χ2n) is 5.75. The number of aryl methyl sites for hydroxylation is 1. The predicted molar refractivity (Wildman–Crippen MR) is 93.8 cm³/mol. The Morgan fingerprint density at radius 2 is 1.68 bits per heavy atom. The van der Waals surface area contributed by atoms with Gasteiger partial charge in [0.2, 0.25) is 0 Å². The van der Waals surface area contributed by atoms with Crippen LogP contribution in [0.2, 0.25) is 0 Å². The van der Waals surface area contributed by atoms with E-state index >= 15 is 0 Å². The van der Waals surface area contributed by atoms with E-state index in [4.69, 9.17) is 0 Å². The van der Waals surface area contributed by atoms with Crippen LogP contribution in [-0.2, 0) is 11.2 Å². The number of unbranched alkanes of at least 4 members (excludes halogenated alkanes) is 1. The Bertz CT molecular complexity index is 621. The molecule has 0 radical (unpaired) electrons. The average Bonchev–Trinajstić information content (AvgIpc) is 2.57. The molecule has 2 rings (SSSR count). The lowest BCUT2D eigenvalue weighted by Gasteiger charge is -2.13. The fraction of sp³-hybridized carbons (Fsp3) is 0.286. The Morgan fingerprint density at radius 3 is 2.27 bits per heavy atom. The zero-order valence-corrected chi connectivity index (χ0v) is 13.5. The normalized spacial score (nSPS) is 11.9. The SMILES string of the molecule is CCCC/C(C=O)=C(/Cc1ccc(C)cc1)c1ccccc1. The molecule has 0 atom stereocenters. The summed E-state index contributed by atoms with van der Waals surface area (Å²) in [5, 5.41) is 0. The van der Waals surface area contributed by atoms with E-state index in [9.17, 15) is 4.79 Å². The number of allylic oxidation sites excluding steroid dienone is 2. The summed E-state index contributed by atoms with van der Waals surface area (Å²) in [6, 6.07) is 18.8. The number of hydrogen-bond acceptors (Lipinski definition) is 1. The molecule has 1 nitrogen and oxygen atoms in total. The second-order valence-corrected chi connectivity index (χ2v) is 5.75. The van der Waals surface area contributed by atoms with Gasteiger partial charge in [-0.1, -0.05) is 73.5 Å². The van der Waals surface area contributed by atoms with E-state index in [1.807, 2.05) is 18.2 Å². The van der Waals surface area contributed by atoms with Crippen molar-refractivity contribution in [1.82, 2.24) is 0 Å². The molecule has 0 aromatic heterocycles. The average molecular weight is 292 g/mol. The van der Waals surface area contributed by atoms with E-state index in [0.29, 0.717) is 0 Å². The first-order valence-electron chi connectivity index (χ1n) is 8.02. The largest absolute Gasteiger partial charge is 0.298 e. The molecular weight excluding hydrogens is 268 g/mol. The summed E-state index contributed by atoms with van der Waals surface area (Å²) >= 11 is 0. The minimum Gasteiger partial charge on any atom is -0.298 e. The number of benzene rings is 2. The van der Waals surface area contributed by atoms with Crippen molar-refractivity contribution in [2.45, 2.75) is 39.5 Å². The molecule has 0 saturated heterocycles. The highest BCUT2D eigenvalue weighted by Crippen LogP contribution is 2.25. The zero-order valence-electron chi connectivity index (χ0n) is 13.5. The number of aldehydes is 1. The zero-order chi connectivity index (χ0) is 15.8. The van der Waals surface area contributed by atoms with Crippen molar-refractivity contribution in [3.8, 4) is 0 Å². The van der Waals surface area contributed by atoms with Crippen LogP contribution in [-0.4, -0.2) is 6.29 Å². The molecule has 0 aliphatic heterocycles. The maximum Gasteiger partial charge on any atom is 0.146 e. The topological polar surface area (TPSA) is 17.1 Å². The van der Waals surface area contributed by atoms with Crippen molar-refractivity contribution < 1.29 is 4.79 Å². The van der Waals surface area contributed by atoms with Crippen LogP contribution < -0.4 is 0 Å². The Kier molecular flexibility index (Phi) is 6.14. The molecule has 2 aromatic carbocycles. The molecule has 114 valence electrons. The smallest absolute Gasteiger partial charge is 0.146 e. The fourth-order valence-electron chi connectivity index (χ4n) is 2.60. The van der Waals surface area contributed by atoms with E-state index in [-0.39, 0.29) is 0 Å². The third kappa shape index (κ3) is 4.42. The van der Waals surface area contributed by atoms with E-state index in [0.717, 1.165) is 48.7 Å². The second kappa shape index (κ2) is 8.33. The summed E-state index contributed by atoms with van der Waals surface area (Å²) in [7, 11) is 0. The van der Waals surface area contributed by atoms with Gasteiger partial charge in [-0.15, -0.1) is 0 Å². The third-order valence-electron chi connectivity index (χ3n) is 3.95. The van der Waals surface area contributed by atoms with Gasteiger partial charge in [-0.3, -0.25) is 4.79 Å². The van der Waals surface area contributed by atoms with Crippen molar-refractivity contribution in [2.24, 2.45) is 0 Å². The quantitative estimate of drug-likeness (QED) is 0.494. The van der Waals surface area contributed by atoms with Gasteiger partial charge in [0.25, 0.3) is 0 Å². The summed E-state index contributed by atoms with van der Waals surface area (Å²) in [6.07, 6.45) is 4.87. The van der Waals surface area contributed by atoms with Crippen molar-refractivity contribution in [3.63, 3.8) is 0 Å². The van der Waals surface area contributed by atoms with Gasteiger partial charge in [-0.25, -0.2) is 0 Å². The van der Waals surface area contributed by atoms with Crippen LogP contribution in [0.15, 0.2) is 60.2 Å². The minimum atomic E-state index is 0.808. The standard InChI is InChI=1S/C21H24O/c1-3-4-8-20(16-22)21(19-9-6-5-7-10-19)15-18-13-11-17(2)12-14-18/h5-7,9-14,16H,3-4,8,15H2,1-2H3/b21-20+. The van der Waals surface area contributed by atoms with Gasteiger partial charge < -0.3 is 0 Å². The highest BCUT2D eigenvalue weighted by atomic mass is 16.1. The van der Waals surface area contributed by atoms with Crippen LogP contribution >= 0.6 is 0 Å². The van der Waals surface area contributed by atoms with E-state index in [2.05, 4.69) is 50.2 Å². The van der Waals surface area contributed by atoms with Crippen LogP contribution in [0, 0.1) is 6.92 Å². The van der Waals surface area contributed by atoms with Gasteiger partial charge >= 0.3 is 0 Å². The van der Waals surface area contributed by atoms with Gasteiger partial charge in [0.15, 0.2) is 0 Å². The summed E-state index contributed by atoms with van der Waals surface area (Å²) in [5.41, 5.74) is 5.76. The minimum absolute atomic E-state index is 0.808. The molecule has 0 amide bonds. The van der Waals surface area contributed by atoms with Gasteiger partial charge in [0.05, 0.1) is 0 Å². The molecule has 0 aliphatic carbocycles. The Morgan fingerprint density at radius 1 is 1.00 bits per heavy atom. The molecular formula is C21H24O. The first-order chi connectivity index (χ1) is 10.7. The molecule has 0 heterocycles. The molecule has 0 fully saturated rings. The third-order valence-corrected chi connectivity index (χ3v) is 3.95. The molecule has 0 bridgehead atoms. The highest BCUT2D eigenvalue weighted by Gasteiger charge is 2.10. The van der Waals surface area contributed by atoms with Crippen molar-refractivity contribution in [1.29, 1.82) is 0 Å². The molecule has 0 N–H and O–H groups in total. The number of rotatable bonds is 7. The molecule has 0 unspecified atom stereocenters. The van der Waals surface area contributed by atoms with Gasteiger partial charge in [-0.05, 0) is 48.5 Å². The van der Waals surface area contributed by atoms with Crippen molar-refractivity contribution >= 4 is 11.9 Å². The first-order valence-corrected chi connectivity index (χ1v) is 8.02. The van der Waals surface area contributed by atoms with E-state index < -0.39 is 0 Å². The monoisotopic (exact) mass is 292 g/mol. The Labute approximate surface area is 133 Å². The maximum atomic E-state index is 11.6. The molecule has 22 heavy (non-hydrogen) atoms. The Hall–Kier alpha value is -2.15. The molecule has 0 spiro atoms. The summed E-state index contributed by atoms with van der Waals surface area (Å²) < 4.78 is 0. The van der Waals surface area contributed by atoms with E-state index in [1.165, 1.54) is 11.1 Å². The van der Waals surface area contributed by atoms with Gasteiger partial charge in [-0.2, -0.15) is 0 Å². The van der Waals surface area contributed by atoms with Crippen LogP contribution in [0.3, 0.4) is 0 Å². The summed E-state index contributed by atoms with van der Waals surface area (Å²) in [6.45, 7) is 4.25. The molecule has 1 heteroatoms. The first kappa shape index (κ1) is 16.2. The van der Waals surface area contributed by atoms with Crippen molar-refractivity contribution in [2.75, 3.05) is 0 Å². The predicted octanol–water partition coefficient (Wildman–Crippen LogP) is 5.38. The lowest BCUT2D eigenvalue weighted by atomic mass is 9.91. The summed E-state index contributed by atoms with van der Waals surface area (Å²) in [4.78, 5) is 11.6. The summed E-state index contributed by atoms with van der Waals surface area (Å²) in [5.74, 6) is 0. The van der Waals surface area contributed by atoms with E-state index in [1.54, 1.807) is 0 Å². The fourth-order valence-corrected chi connectivity index (χ4v) is 2.60. The number of hydrogen-bond donors (Lipinski definition) is 0. The van der Waals surface area contributed by atoms with Crippen LogP contribution in [0.1, 0.15) is 42.9 Å². The van der Waals surface area contributed by atoms with Crippen LogP contribution in [0.4, 0.5) is 0 Å². The van der Waals surface area contributed by atoms with Crippen molar-refractivity contribution in [3.05, 3.63) is 76.9 Å². The van der Waals surface area contributed by atoms with Crippen LogP contribution in [0.5, 0.6) is 0 Å². The Balaban J connectivity index is 2.38.